The van der Waals surface area contributed by atoms with Crippen LogP contribution in [0.2, 0.25) is 0 Å². The molecule has 0 aliphatic carbocycles. The lowest BCUT2D eigenvalue weighted by molar-refractivity contribution is -0.115. The lowest BCUT2D eigenvalue weighted by atomic mass is 10.1. The third-order valence-corrected chi connectivity index (χ3v) is 6.86. The SMILES string of the molecule is CCc1ccccc1N(C(C)=O)c1nc(CSc2nc(C)c(C)n2CC(C)C)cs1. The second-order valence-electron chi connectivity index (χ2n) is 7.82. The van der Waals surface area contributed by atoms with Crippen molar-refractivity contribution in [2.75, 3.05) is 4.90 Å². The molecule has 0 unspecified atom stereocenters. The Morgan fingerprint density at radius 3 is 2.63 bits per heavy atom. The van der Waals surface area contributed by atoms with E-state index in [4.69, 9.17) is 9.97 Å². The number of hydrogen-bond acceptors (Lipinski definition) is 5. The van der Waals surface area contributed by atoms with Crippen LogP contribution >= 0.6 is 23.1 Å². The van der Waals surface area contributed by atoms with Crippen LogP contribution in [0.1, 0.15) is 50.3 Å². The summed E-state index contributed by atoms with van der Waals surface area (Å²) in [6.45, 7) is 13.3. The number of carbonyl (C=O) groups is 1. The van der Waals surface area contributed by atoms with Crippen molar-refractivity contribution in [1.29, 1.82) is 0 Å². The van der Waals surface area contributed by atoms with Crippen LogP contribution in [0, 0.1) is 19.8 Å². The van der Waals surface area contributed by atoms with Gasteiger partial charge in [0.05, 0.1) is 17.1 Å². The fraction of sp³-hybridized carbons (Fsp3) is 0.435. The van der Waals surface area contributed by atoms with Crippen LogP contribution in [0.25, 0.3) is 0 Å². The van der Waals surface area contributed by atoms with Gasteiger partial charge in [-0.1, -0.05) is 50.7 Å². The maximum atomic E-state index is 12.5. The Bertz CT molecular complexity index is 1020. The van der Waals surface area contributed by atoms with E-state index in [9.17, 15) is 4.79 Å². The van der Waals surface area contributed by atoms with Crippen molar-refractivity contribution < 1.29 is 4.79 Å². The van der Waals surface area contributed by atoms with Gasteiger partial charge in [0.25, 0.3) is 0 Å². The molecule has 1 amide bonds. The van der Waals surface area contributed by atoms with Crippen LogP contribution in [0.5, 0.6) is 0 Å². The second-order valence-corrected chi connectivity index (χ2v) is 9.60. The van der Waals surface area contributed by atoms with E-state index in [0.717, 1.165) is 51.6 Å². The van der Waals surface area contributed by atoms with Crippen molar-refractivity contribution in [3.63, 3.8) is 0 Å². The number of thioether (sulfide) groups is 1. The number of para-hydroxylation sites is 1. The molecule has 3 aromatic rings. The minimum atomic E-state index is -0.0248. The molecule has 0 N–H and O–H groups in total. The molecular weight excluding hydrogens is 412 g/mol. The van der Waals surface area contributed by atoms with E-state index < -0.39 is 0 Å². The van der Waals surface area contributed by atoms with Gasteiger partial charge in [-0.3, -0.25) is 9.69 Å². The zero-order chi connectivity index (χ0) is 21.8. The average Bonchev–Trinajstić information content (AvgIpc) is 3.26. The molecule has 0 fully saturated rings. The zero-order valence-electron chi connectivity index (χ0n) is 18.6. The number of carbonyl (C=O) groups excluding carboxylic acids is 1. The number of rotatable bonds is 8. The number of aryl methyl sites for hydroxylation is 2. The molecule has 7 heteroatoms. The first-order valence-corrected chi connectivity index (χ1v) is 12.2. The average molecular weight is 443 g/mol. The predicted octanol–water partition coefficient (Wildman–Crippen LogP) is 6.15. The Hall–Kier alpha value is -2.12. The molecule has 5 nitrogen and oxygen atoms in total. The van der Waals surface area contributed by atoms with Crippen molar-refractivity contribution >= 4 is 39.8 Å². The molecule has 2 heterocycles. The summed E-state index contributed by atoms with van der Waals surface area (Å²) in [5, 5.41) is 3.80. The van der Waals surface area contributed by atoms with Crippen molar-refractivity contribution in [3.8, 4) is 0 Å². The van der Waals surface area contributed by atoms with E-state index in [2.05, 4.69) is 45.3 Å². The predicted molar refractivity (Wildman–Crippen MR) is 127 cm³/mol. The standard InChI is InChI=1S/C23H30N4OS2/c1-7-19-10-8-9-11-21(19)27(18(6)28)23-25-20(14-30-23)13-29-22-24-16(4)17(5)26(22)12-15(2)3/h8-11,14-15H,7,12-13H2,1-6H3. The highest BCUT2D eigenvalue weighted by Crippen LogP contribution is 2.33. The number of thiazole rings is 1. The van der Waals surface area contributed by atoms with Crippen LogP contribution in [-0.2, 0) is 23.5 Å². The molecule has 0 saturated heterocycles. The number of hydrogen-bond donors (Lipinski definition) is 0. The lowest BCUT2D eigenvalue weighted by Gasteiger charge is -2.21. The first-order chi connectivity index (χ1) is 14.3. The Morgan fingerprint density at radius 2 is 1.97 bits per heavy atom. The fourth-order valence-corrected chi connectivity index (χ4v) is 5.33. The summed E-state index contributed by atoms with van der Waals surface area (Å²) in [5.74, 6) is 1.26. The number of amides is 1. The van der Waals surface area contributed by atoms with Gasteiger partial charge >= 0.3 is 0 Å². The van der Waals surface area contributed by atoms with Gasteiger partial charge in [-0.15, -0.1) is 11.3 Å². The molecule has 3 rings (SSSR count). The van der Waals surface area contributed by atoms with Crippen LogP contribution in [0.3, 0.4) is 0 Å². The molecular formula is C23H30N4OS2. The number of aromatic nitrogens is 3. The minimum absolute atomic E-state index is 0.0248. The van der Waals surface area contributed by atoms with Crippen LogP contribution in [0.15, 0.2) is 34.8 Å². The highest BCUT2D eigenvalue weighted by atomic mass is 32.2. The molecule has 0 saturated carbocycles. The molecule has 0 atom stereocenters. The fourth-order valence-electron chi connectivity index (χ4n) is 3.35. The molecule has 0 aliphatic heterocycles. The smallest absolute Gasteiger partial charge is 0.230 e. The summed E-state index contributed by atoms with van der Waals surface area (Å²) in [6.07, 6.45) is 0.866. The third-order valence-electron chi connectivity index (χ3n) is 4.98. The van der Waals surface area contributed by atoms with E-state index in [1.807, 2.05) is 23.6 Å². The summed E-state index contributed by atoms with van der Waals surface area (Å²) in [4.78, 5) is 23.7. The van der Waals surface area contributed by atoms with Crippen LogP contribution in [-0.4, -0.2) is 20.4 Å². The normalized spacial score (nSPS) is 11.3. The highest BCUT2D eigenvalue weighted by molar-refractivity contribution is 7.98. The maximum absolute atomic E-state index is 12.5. The van der Waals surface area contributed by atoms with Gasteiger partial charge < -0.3 is 4.57 Å². The van der Waals surface area contributed by atoms with Gasteiger partial charge in [0.15, 0.2) is 10.3 Å². The largest absolute Gasteiger partial charge is 0.323 e. The van der Waals surface area contributed by atoms with Crippen molar-refractivity contribution in [2.45, 2.75) is 65.4 Å². The van der Waals surface area contributed by atoms with Crippen molar-refractivity contribution in [3.05, 3.63) is 52.3 Å². The van der Waals surface area contributed by atoms with Gasteiger partial charge in [0.1, 0.15) is 0 Å². The van der Waals surface area contributed by atoms with E-state index in [1.54, 1.807) is 23.6 Å². The monoisotopic (exact) mass is 442 g/mol. The molecule has 30 heavy (non-hydrogen) atoms. The summed E-state index contributed by atoms with van der Waals surface area (Å²) in [5.41, 5.74) is 5.33. The maximum Gasteiger partial charge on any atom is 0.230 e. The molecule has 2 aromatic heterocycles. The molecule has 0 spiro atoms. The Labute approximate surface area is 187 Å². The molecule has 0 bridgehead atoms. The van der Waals surface area contributed by atoms with E-state index in [0.29, 0.717) is 5.92 Å². The van der Waals surface area contributed by atoms with E-state index in [1.165, 1.54) is 17.0 Å². The number of nitrogens with zero attached hydrogens (tertiary/aromatic N) is 4. The molecule has 1 aromatic carbocycles. The lowest BCUT2D eigenvalue weighted by Crippen LogP contribution is -2.23. The zero-order valence-corrected chi connectivity index (χ0v) is 20.2. The van der Waals surface area contributed by atoms with Crippen molar-refractivity contribution in [2.24, 2.45) is 5.92 Å². The number of anilines is 2. The Kier molecular flexibility index (Phi) is 7.36. The quantitative estimate of drug-likeness (QED) is 0.393. The summed E-state index contributed by atoms with van der Waals surface area (Å²) < 4.78 is 2.30. The summed E-state index contributed by atoms with van der Waals surface area (Å²) in [6, 6.07) is 8.03. The van der Waals surface area contributed by atoms with Crippen LogP contribution < -0.4 is 4.90 Å². The van der Waals surface area contributed by atoms with Gasteiger partial charge in [0.2, 0.25) is 5.91 Å². The minimum Gasteiger partial charge on any atom is -0.323 e. The second kappa shape index (κ2) is 9.79. The summed E-state index contributed by atoms with van der Waals surface area (Å²) in [7, 11) is 0. The first kappa shape index (κ1) is 22.6. The molecule has 0 aliphatic rings. The van der Waals surface area contributed by atoms with Crippen LogP contribution in [0.4, 0.5) is 10.8 Å². The topological polar surface area (TPSA) is 51.0 Å². The van der Waals surface area contributed by atoms with Gasteiger partial charge in [-0.05, 0) is 37.8 Å². The third kappa shape index (κ3) is 4.95. The first-order valence-electron chi connectivity index (χ1n) is 10.3. The number of benzene rings is 1. The number of imidazole rings is 1. The van der Waals surface area contributed by atoms with E-state index in [-0.39, 0.29) is 5.91 Å². The summed E-state index contributed by atoms with van der Waals surface area (Å²) >= 11 is 3.22. The van der Waals surface area contributed by atoms with Gasteiger partial charge in [-0.2, -0.15) is 0 Å². The highest BCUT2D eigenvalue weighted by Gasteiger charge is 2.20. The molecule has 160 valence electrons. The van der Waals surface area contributed by atoms with Crippen molar-refractivity contribution in [1.82, 2.24) is 14.5 Å². The Balaban J connectivity index is 1.81. The molecule has 0 radical (unpaired) electrons. The Morgan fingerprint density at radius 1 is 1.23 bits per heavy atom. The van der Waals surface area contributed by atoms with Gasteiger partial charge in [-0.25, -0.2) is 9.97 Å². The van der Waals surface area contributed by atoms with E-state index >= 15 is 0 Å². The van der Waals surface area contributed by atoms with Gasteiger partial charge in [0, 0.05) is 30.3 Å².